The molecule has 3 rings (SSSR count). The lowest BCUT2D eigenvalue weighted by Crippen LogP contribution is -2.43. The second-order valence-corrected chi connectivity index (χ2v) is 6.95. The number of nitrogens with zero attached hydrogens (tertiary/aromatic N) is 3. The second kappa shape index (κ2) is 4.83. The van der Waals surface area contributed by atoms with Crippen LogP contribution in [0, 0.1) is 6.92 Å². The van der Waals surface area contributed by atoms with Crippen molar-refractivity contribution < 1.29 is 13.5 Å². The van der Waals surface area contributed by atoms with Gasteiger partial charge in [-0.15, -0.1) is 4.09 Å². The van der Waals surface area contributed by atoms with Gasteiger partial charge in [0.15, 0.2) is 0 Å². The van der Waals surface area contributed by atoms with Crippen molar-refractivity contribution in [1.82, 2.24) is 13.5 Å². The zero-order chi connectivity index (χ0) is 14.3. The predicted molar refractivity (Wildman–Crippen MR) is 75.6 cm³/mol. The topological polar surface area (TPSA) is 75.4 Å². The van der Waals surface area contributed by atoms with Gasteiger partial charge in [0.1, 0.15) is 0 Å². The van der Waals surface area contributed by atoms with Crippen molar-refractivity contribution in [3.63, 3.8) is 0 Å². The Morgan fingerprint density at radius 3 is 2.70 bits per heavy atom. The van der Waals surface area contributed by atoms with Crippen LogP contribution in [-0.2, 0) is 10.2 Å². The van der Waals surface area contributed by atoms with Gasteiger partial charge in [0, 0.05) is 18.5 Å². The Bertz CT molecular complexity index is 730. The molecule has 0 radical (unpaired) electrons. The Morgan fingerprint density at radius 2 is 2.00 bits per heavy atom. The molecule has 1 aromatic carbocycles. The third-order valence-electron chi connectivity index (χ3n) is 3.66. The third kappa shape index (κ3) is 2.21. The van der Waals surface area contributed by atoms with Crippen molar-refractivity contribution in [2.75, 3.05) is 13.1 Å². The molecule has 1 aliphatic rings. The normalized spacial score (nSPS) is 18.7. The minimum Gasteiger partial charge on any atom is -0.393 e. The molecule has 20 heavy (non-hydrogen) atoms. The highest BCUT2D eigenvalue weighted by molar-refractivity contribution is 7.87. The Balaban J connectivity index is 2.01. The molecule has 0 amide bonds. The molecule has 0 bridgehead atoms. The van der Waals surface area contributed by atoms with E-state index >= 15 is 0 Å². The van der Waals surface area contributed by atoms with Crippen molar-refractivity contribution in [2.45, 2.75) is 25.9 Å². The van der Waals surface area contributed by atoms with Crippen LogP contribution in [0.2, 0.25) is 0 Å². The van der Waals surface area contributed by atoms with Gasteiger partial charge in [-0.05, 0) is 31.9 Å². The first-order valence-electron chi connectivity index (χ1n) is 6.61. The van der Waals surface area contributed by atoms with Crippen molar-refractivity contribution >= 4 is 21.1 Å². The van der Waals surface area contributed by atoms with Gasteiger partial charge in [-0.2, -0.15) is 17.8 Å². The van der Waals surface area contributed by atoms with Crippen LogP contribution in [-0.4, -0.2) is 46.2 Å². The zero-order valence-electron chi connectivity index (χ0n) is 11.2. The average molecular weight is 295 g/mol. The molecule has 1 saturated heterocycles. The number of aryl methyl sites for hydroxylation is 1. The van der Waals surface area contributed by atoms with Crippen LogP contribution in [0.1, 0.15) is 18.4 Å². The maximum atomic E-state index is 12.6. The van der Waals surface area contributed by atoms with Gasteiger partial charge in [0.05, 0.1) is 17.8 Å². The van der Waals surface area contributed by atoms with E-state index in [0.29, 0.717) is 31.4 Å². The second-order valence-electron chi connectivity index (χ2n) is 5.19. The molecule has 7 heteroatoms. The fraction of sp³-hybridized carbons (Fsp3) is 0.462. The lowest BCUT2D eigenvalue weighted by molar-refractivity contribution is 0.112. The Labute approximate surface area is 117 Å². The van der Waals surface area contributed by atoms with Crippen molar-refractivity contribution in [2.24, 2.45) is 0 Å². The molecule has 2 heterocycles. The summed E-state index contributed by atoms with van der Waals surface area (Å²) in [5.41, 5.74) is 1.65. The Morgan fingerprint density at radius 1 is 1.30 bits per heavy atom. The summed E-state index contributed by atoms with van der Waals surface area (Å²) in [6, 6.07) is 5.55. The maximum Gasteiger partial charge on any atom is 0.323 e. The van der Waals surface area contributed by atoms with Gasteiger partial charge >= 0.3 is 10.2 Å². The number of aliphatic hydroxyl groups excluding tert-OH is 1. The first-order chi connectivity index (χ1) is 9.48. The lowest BCUT2D eigenvalue weighted by Gasteiger charge is -2.28. The number of aromatic nitrogens is 2. The number of aliphatic hydroxyl groups is 1. The molecule has 2 aromatic rings. The first-order valence-corrected chi connectivity index (χ1v) is 8.01. The van der Waals surface area contributed by atoms with Crippen molar-refractivity contribution in [3.8, 4) is 0 Å². The van der Waals surface area contributed by atoms with E-state index in [-0.39, 0.29) is 0 Å². The summed E-state index contributed by atoms with van der Waals surface area (Å²) in [7, 11) is -3.65. The molecule has 1 aromatic heterocycles. The van der Waals surface area contributed by atoms with E-state index in [9.17, 15) is 13.5 Å². The molecule has 0 atom stereocenters. The van der Waals surface area contributed by atoms with Crippen LogP contribution in [0.15, 0.2) is 24.4 Å². The molecule has 1 aliphatic heterocycles. The number of rotatable bonds is 2. The maximum absolute atomic E-state index is 12.6. The molecule has 1 N–H and O–H groups in total. The highest BCUT2D eigenvalue weighted by atomic mass is 32.2. The summed E-state index contributed by atoms with van der Waals surface area (Å²) in [6.07, 6.45) is 2.10. The highest BCUT2D eigenvalue weighted by Crippen LogP contribution is 2.21. The van der Waals surface area contributed by atoms with Crippen LogP contribution < -0.4 is 0 Å². The number of piperidine rings is 1. The number of benzene rings is 1. The van der Waals surface area contributed by atoms with Gasteiger partial charge in [0.25, 0.3) is 0 Å². The number of hydrogen-bond acceptors (Lipinski definition) is 4. The van der Waals surface area contributed by atoms with E-state index in [1.54, 1.807) is 12.3 Å². The molecular weight excluding hydrogens is 278 g/mol. The quantitative estimate of drug-likeness (QED) is 0.893. The summed E-state index contributed by atoms with van der Waals surface area (Å²) < 4.78 is 27.7. The monoisotopic (exact) mass is 295 g/mol. The van der Waals surface area contributed by atoms with Crippen molar-refractivity contribution in [1.29, 1.82) is 0 Å². The molecule has 1 fully saturated rings. The van der Waals surface area contributed by atoms with Gasteiger partial charge in [-0.3, -0.25) is 0 Å². The molecule has 0 aliphatic carbocycles. The molecule has 0 unspecified atom stereocenters. The minimum atomic E-state index is -3.65. The van der Waals surface area contributed by atoms with Gasteiger partial charge in [-0.1, -0.05) is 11.6 Å². The zero-order valence-corrected chi connectivity index (χ0v) is 12.0. The minimum absolute atomic E-state index is 0.330. The van der Waals surface area contributed by atoms with Crippen LogP contribution in [0.4, 0.5) is 0 Å². The Kier molecular flexibility index (Phi) is 3.27. The van der Waals surface area contributed by atoms with Crippen LogP contribution in [0.3, 0.4) is 0 Å². The lowest BCUT2D eigenvalue weighted by atomic mass is 10.1. The van der Waals surface area contributed by atoms with E-state index in [1.165, 1.54) is 4.31 Å². The van der Waals surface area contributed by atoms with Gasteiger partial charge < -0.3 is 5.11 Å². The molecule has 108 valence electrons. The third-order valence-corrected chi connectivity index (χ3v) is 5.40. The van der Waals surface area contributed by atoms with Gasteiger partial charge in [-0.25, -0.2) is 0 Å². The fourth-order valence-electron chi connectivity index (χ4n) is 2.49. The van der Waals surface area contributed by atoms with E-state index in [4.69, 9.17) is 0 Å². The standard InChI is InChI=1S/C13H17N3O3S/c1-10-2-3-13-11(8-10)9-14-16(13)20(18,19)15-6-4-12(17)5-7-15/h2-3,8-9,12,17H,4-7H2,1H3. The molecular formula is C13H17N3O3S. The van der Waals surface area contributed by atoms with E-state index in [2.05, 4.69) is 5.10 Å². The van der Waals surface area contributed by atoms with E-state index in [0.717, 1.165) is 15.0 Å². The molecule has 0 spiro atoms. The fourth-order valence-corrected chi connectivity index (χ4v) is 3.97. The SMILES string of the molecule is Cc1ccc2c(cnn2S(=O)(=O)N2CCC(O)CC2)c1. The predicted octanol–water partition coefficient (Wildman–Crippen LogP) is 0.894. The summed E-state index contributed by atoms with van der Waals surface area (Å²) >= 11 is 0. The van der Waals surface area contributed by atoms with Crippen LogP contribution in [0.5, 0.6) is 0 Å². The highest BCUT2D eigenvalue weighted by Gasteiger charge is 2.30. The van der Waals surface area contributed by atoms with Gasteiger partial charge in [0.2, 0.25) is 0 Å². The first kappa shape index (κ1) is 13.5. The summed E-state index contributed by atoms with van der Waals surface area (Å²) in [5, 5.41) is 14.3. The largest absolute Gasteiger partial charge is 0.393 e. The summed E-state index contributed by atoms with van der Waals surface area (Å²) in [4.78, 5) is 0. The molecule has 6 nitrogen and oxygen atoms in total. The van der Waals surface area contributed by atoms with Crippen molar-refractivity contribution in [3.05, 3.63) is 30.0 Å². The average Bonchev–Trinajstić information content (AvgIpc) is 2.82. The van der Waals surface area contributed by atoms with E-state index in [1.807, 2.05) is 19.1 Å². The number of fused-ring (bicyclic) bond motifs is 1. The smallest absolute Gasteiger partial charge is 0.323 e. The van der Waals surface area contributed by atoms with Crippen LogP contribution >= 0.6 is 0 Å². The summed E-state index contributed by atoms with van der Waals surface area (Å²) in [6.45, 7) is 2.62. The van der Waals surface area contributed by atoms with Crippen LogP contribution in [0.25, 0.3) is 10.9 Å². The summed E-state index contributed by atoms with van der Waals surface area (Å²) in [5.74, 6) is 0. The molecule has 0 saturated carbocycles. The Hall–Kier alpha value is -1.44. The van der Waals surface area contributed by atoms with E-state index < -0.39 is 16.3 Å². The number of hydrogen-bond donors (Lipinski definition) is 1.